The first-order valence-electron chi connectivity index (χ1n) is 10.7. The second-order valence-corrected chi connectivity index (χ2v) is 11.5. The first kappa shape index (κ1) is 23.3. The van der Waals surface area contributed by atoms with E-state index < -0.39 is 15.9 Å². The SMILES string of the molecule is CN1CCC=C(C(NC(=O)c2ccc(Cl)cc2Cl)c2ccc(S(=O)(=O)CC3CC3)cc2)C1. The van der Waals surface area contributed by atoms with Crippen LogP contribution in [0.25, 0.3) is 0 Å². The number of carbonyl (C=O) groups excluding carboxylic acids is 1. The molecular weight excluding hydrogens is 467 g/mol. The van der Waals surface area contributed by atoms with E-state index in [2.05, 4.69) is 16.3 Å². The van der Waals surface area contributed by atoms with E-state index >= 15 is 0 Å². The zero-order valence-electron chi connectivity index (χ0n) is 17.9. The van der Waals surface area contributed by atoms with Gasteiger partial charge in [-0.2, -0.15) is 0 Å². The Balaban J connectivity index is 1.62. The Kier molecular flexibility index (Phi) is 6.96. The first-order chi connectivity index (χ1) is 15.2. The number of benzene rings is 2. The van der Waals surface area contributed by atoms with Gasteiger partial charge in [-0.15, -0.1) is 0 Å². The molecule has 1 amide bonds. The average Bonchev–Trinajstić information content (AvgIpc) is 3.55. The van der Waals surface area contributed by atoms with Gasteiger partial charge in [0.15, 0.2) is 9.84 Å². The van der Waals surface area contributed by atoms with Crippen molar-refractivity contribution in [1.29, 1.82) is 0 Å². The molecule has 1 heterocycles. The number of likely N-dealkylation sites (N-methyl/N-ethyl adjacent to an activating group) is 1. The van der Waals surface area contributed by atoms with Gasteiger partial charge in [-0.3, -0.25) is 4.79 Å². The molecule has 1 aliphatic heterocycles. The molecule has 0 aromatic heterocycles. The molecule has 32 heavy (non-hydrogen) atoms. The monoisotopic (exact) mass is 492 g/mol. The van der Waals surface area contributed by atoms with Crippen molar-refractivity contribution < 1.29 is 13.2 Å². The van der Waals surface area contributed by atoms with Gasteiger partial charge in [0.1, 0.15) is 0 Å². The van der Waals surface area contributed by atoms with Crippen LogP contribution >= 0.6 is 23.2 Å². The topological polar surface area (TPSA) is 66.5 Å². The molecule has 1 fully saturated rings. The molecule has 0 spiro atoms. The zero-order chi connectivity index (χ0) is 22.9. The third-order valence-electron chi connectivity index (χ3n) is 5.92. The Morgan fingerprint density at radius 1 is 1.16 bits per heavy atom. The Bertz CT molecular complexity index is 1140. The molecule has 170 valence electrons. The van der Waals surface area contributed by atoms with Crippen molar-refractivity contribution in [2.45, 2.75) is 30.2 Å². The summed E-state index contributed by atoms with van der Waals surface area (Å²) in [5, 5.41) is 3.83. The molecule has 2 aromatic carbocycles. The van der Waals surface area contributed by atoms with Gasteiger partial charge in [0.25, 0.3) is 5.91 Å². The third kappa shape index (κ3) is 5.54. The summed E-state index contributed by atoms with van der Waals surface area (Å²) < 4.78 is 25.2. The molecular formula is C24H26Cl2N2O3S. The molecule has 1 saturated carbocycles. The summed E-state index contributed by atoms with van der Waals surface area (Å²) >= 11 is 12.2. The largest absolute Gasteiger partial charge is 0.341 e. The normalized spacial score (nSPS) is 18.2. The lowest BCUT2D eigenvalue weighted by Gasteiger charge is -2.30. The highest BCUT2D eigenvalue weighted by atomic mass is 35.5. The second-order valence-electron chi connectivity index (χ2n) is 8.63. The van der Waals surface area contributed by atoms with E-state index in [9.17, 15) is 13.2 Å². The minimum Gasteiger partial charge on any atom is -0.341 e. The number of nitrogens with one attached hydrogen (secondary N) is 1. The molecule has 0 saturated heterocycles. The van der Waals surface area contributed by atoms with Crippen LogP contribution in [0.15, 0.2) is 59.0 Å². The number of rotatable bonds is 7. The number of hydrogen-bond acceptors (Lipinski definition) is 4. The molecule has 1 aliphatic carbocycles. The van der Waals surface area contributed by atoms with Gasteiger partial charge in [-0.25, -0.2) is 8.42 Å². The molecule has 2 aromatic rings. The fourth-order valence-corrected chi connectivity index (χ4v) is 6.16. The highest BCUT2D eigenvalue weighted by molar-refractivity contribution is 7.91. The number of sulfone groups is 1. The summed E-state index contributed by atoms with van der Waals surface area (Å²) in [5.41, 5.74) is 2.23. The summed E-state index contributed by atoms with van der Waals surface area (Å²) in [6.45, 7) is 1.66. The van der Waals surface area contributed by atoms with E-state index in [1.54, 1.807) is 42.5 Å². The van der Waals surface area contributed by atoms with Crippen molar-refractivity contribution >= 4 is 38.9 Å². The van der Waals surface area contributed by atoms with Gasteiger partial charge >= 0.3 is 0 Å². The lowest BCUT2D eigenvalue weighted by atomic mass is 9.95. The van der Waals surface area contributed by atoms with Crippen LogP contribution in [0.2, 0.25) is 10.0 Å². The smallest absolute Gasteiger partial charge is 0.253 e. The van der Waals surface area contributed by atoms with Crippen molar-refractivity contribution in [2.75, 3.05) is 25.9 Å². The molecule has 2 aliphatic rings. The van der Waals surface area contributed by atoms with Gasteiger partial charge in [0, 0.05) is 18.1 Å². The maximum absolute atomic E-state index is 13.1. The van der Waals surface area contributed by atoms with Crippen LogP contribution < -0.4 is 5.32 Å². The fraction of sp³-hybridized carbons (Fsp3) is 0.375. The lowest BCUT2D eigenvalue weighted by Crippen LogP contribution is -2.35. The summed E-state index contributed by atoms with van der Waals surface area (Å²) in [6.07, 6.45) is 5.00. The Morgan fingerprint density at radius 3 is 2.50 bits per heavy atom. The summed E-state index contributed by atoms with van der Waals surface area (Å²) in [6, 6.07) is 11.3. The zero-order valence-corrected chi connectivity index (χ0v) is 20.2. The van der Waals surface area contributed by atoms with Crippen molar-refractivity contribution in [3.63, 3.8) is 0 Å². The Hall–Kier alpha value is -1.86. The fourth-order valence-electron chi connectivity index (χ4n) is 3.97. The van der Waals surface area contributed by atoms with E-state index in [4.69, 9.17) is 23.2 Å². The van der Waals surface area contributed by atoms with E-state index in [1.165, 1.54) is 0 Å². The summed E-state index contributed by atoms with van der Waals surface area (Å²) in [4.78, 5) is 15.6. The van der Waals surface area contributed by atoms with Crippen LogP contribution in [0.3, 0.4) is 0 Å². The second kappa shape index (κ2) is 9.56. The predicted octanol–water partition coefficient (Wildman–Crippen LogP) is 4.91. The van der Waals surface area contributed by atoms with Crippen molar-refractivity contribution in [2.24, 2.45) is 5.92 Å². The highest BCUT2D eigenvalue weighted by Gasteiger charge is 2.29. The van der Waals surface area contributed by atoms with Crippen molar-refractivity contribution in [3.05, 3.63) is 75.3 Å². The molecule has 0 radical (unpaired) electrons. The number of carbonyl (C=O) groups is 1. The van der Waals surface area contributed by atoms with Gasteiger partial charge in [0.2, 0.25) is 0 Å². The van der Waals surface area contributed by atoms with E-state index in [0.29, 0.717) is 27.9 Å². The molecule has 5 nitrogen and oxygen atoms in total. The van der Waals surface area contributed by atoms with E-state index in [-0.39, 0.29) is 16.7 Å². The molecule has 4 rings (SSSR count). The molecule has 1 N–H and O–H groups in total. The predicted molar refractivity (Wildman–Crippen MR) is 128 cm³/mol. The number of nitrogens with zero attached hydrogens (tertiary/aromatic N) is 1. The molecule has 1 atom stereocenters. The standard InChI is InChI=1S/C24H26Cl2N2O3S/c1-28-12-2-3-18(14-28)23(27-24(29)21-11-8-19(25)13-22(21)26)17-6-9-20(10-7-17)32(30,31)15-16-4-5-16/h3,6-11,13,16,23H,2,4-5,12,14-15H2,1H3,(H,27,29). The minimum absolute atomic E-state index is 0.206. The number of amides is 1. The van der Waals surface area contributed by atoms with Crippen LogP contribution in [-0.2, 0) is 9.84 Å². The maximum Gasteiger partial charge on any atom is 0.253 e. The number of halogens is 2. The van der Waals surface area contributed by atoms with Gasteiger partial charge < -0.3 is 10.2 Å². The van der Waals surface area contributed by atoms with Gasteiger partial charge in [-0.05, 0) is 73.7 Å². The van der Waals surface area contributed by atoms with Crippen LogP contribution in [0.5, 0.6) is 0 Å². The third-order valence-corrected chi connectivity index (χ3v) is 8.36. The Labute approximate surface area is 199 Å². The van der Waals surface area contributed by atoms with E-state index in [1.807, 2.05) is 7.05 Å². The van der Waals surface area contributed by atoms with Crippen molar-refractivity contribution in [3.8, 4) is 0 Å². The quantitative estimate of drug-likeness (QED) is 0.557. The minimum atomic E-state index is -3.29. The van der Waals surface area contributed by atoms with Gasteiger partial charge in [0.05, 0.1) is 27.3 Å². The van der Waals surface area contributed by atoms with Gasteiger partial charge in [-0.1, -0.05) is 41.4 Å². The molecule has 0 bridgehead atoms. The Morgan fingerprint density at radius 2 is 1.88 bits per heavy atom. The van der Waals surface area contributed by atoms with Crippen LogP contribution in [0.1, 0.15) is 41.2 Å². The summed E-state index contributed by atoms with van der Waals surface area (Å²) in [5.74, 6) is 0.187. The first-order valence-corrected chi connectivity index (χ1v) is 13.1. The van der Waals surface area contributed by atoms with E-state index in [0.717, 1.165) is 36.9 Å². The number of hydrogen-bond donors (Lipinski definition) is 1. The van der Waals surface area contributed by atoms with Crippen molar-refractivity contribution in [1.82, 2.24) is 10.2 Å². The van der Waals surface area contributed by atoms with Crippen LogP contribution in [-0.4, -0.2) is 45.1 Å². The maximum atomic E-state index is 13.1. The summed E-state index contributed by atoms with van der Waals surface area (Å²) in [7, 11) is -1.25. The highest BCUT2D eigenvalue weighted by Crippen LogP contribution is 2.33. The lowest BCUT2D eigenvalue weighted by molar-refractivity contribution is 0.0940. The van der Waals surface area contributed by atoms with Crippen LogP contribution in [0.4, 0.5) is 0 Å². The van der Waals surface area contributed by atoms with Crippen LogP contribution in [0, 0.1) is 5.92 Å². The molecule has 8 heteroatoms. The molecule has 1 unspecified atom stereocenters. The average molecular weight is 493 g/mol.